The zero-order chi connectivity index (χ0) is 25.9. The van der Waals surface area contributed by atoms with Crippen LogP contribution in [0, 0.1) is 0 Å². The first kappa shape index (κ1) is 26.4. The highest BCUT2D eigenvalue weighted by Gasteiger charge is 2.28. The van der Waals surface area contributed by atoms with Crippen LogP contribution in [0.25, 0.3) is 0 Å². The third-order valence-electron chi connectivity index (χ3n) is 6.56. The molecule has 8 nitrogen and oxygen atoms in total. The average Bonchev–Trinajstić information content (AvgIpc) is 3.25. The number of ether oxygens (including phenoxy) is 1. The van der Waals surface area contributed by atoms with Crippen molar-refractivity contribution >= 4 is 34.7 Å². The minimum Gasteiger partial charge on any atom is -0.420 e. The van der Waals surface area contributed by atoms with Gasteiger partial charge in [-0.05, 0) is 63.4 Å². The molecule has 1 atom stereocenters. The minimum absolute atomic E-state index is 0.123. The molecule has 196 valence electrons. The Kier molecular flexibility index (Phi) is 8.17. The van der Waals surface area contributed by atoms with Gasteiger partial charge in [0.25, 0.3) is 5.91 Å². The van der Waals surface area contributed by atoms with Crippen molar-refractivity contribution in [3.63, 3.8) is 0 Å². The van der Waals surface area contributed by atoms with Crippen LogP contribution in [0.15, 0.2) is 36.5 Å². The van der Waals surface area contributed by atoms with E-state index >= 15 is 0 Å². The van der Waals surface area contributed by atoms with E-state index in [2.05, 4.69) is 39.1 Å². The fraction of sp³-hybridized carbons (Fsp3) is 0.520. The Morgan fingerprint density at radius 3 is 2.47 bits per heavy atom. The summed E-state index contributed by atoms with van der Waals surface area (Å²) in [6, 6.07) is 8.02. The summed E-state index contributed by atoms with van der Waals surface area (Å²) < 4.78 is 29.9. The van der Waals surface area contributed by atoms with E-state index in [4.69, 9.17) is 11.6 Å². The number of alkyl halides is 3. The van der Waals surface area contributed by atoms with E-state index in [-0.39, 0.29) is 17.7 Å². The normalized spacial score (nSPS) is 19.5. The Morgan fingerprint density at radius 2 is 1.89 bits per heavy atom. The molecular weight excluding hydrogens is 492 g/mol. The number of aliphatic hydroxyl groups is 1. The van der Waals surface area contributed by atoms with E-state index in [1.54, 1.807) is 6.07 Å². The summed E-state index contributed by atoms with van der Waals surface area (Å²) in [5.41, 5.74) is -2.29. The number of carbonyl (C=O) groups excluding carboxylic acids is 1. The highest BCUT2D eigenvalue weighted by Crippen LogP contribution is 2.31. The number of anilines is 3. The van der Waals surface area contributed by atoms with Crippen LogP contribution in [-0.2, 0) is 0 Å². The highest BCUT2D eigenvalue weighted by molar-refractivity contribution is 6.20. The molecule has 3 N–H and O–H groups in total. The van der Waals surface area contributed by atoms with Crippen molar-refractivity contribution in [2.45, 2.75) is 56.9 Å². The molecule has 1 aromatic carbocycles. The number of likely N-dealkylation sites (tertiary alicyclic amines) is 1. The van der Waals surface area contributed by atoms with E-state index < -0.39 is 11.7 Å². The second-order valence-electron chi connectivity index (χ2n) is 9.56. The van der Waals surface area contributed by atoms with Crippen LogP contribution >= 0.6 is 11.6 Å². The Morgan fingerprint density at radius 1 is 1.19 bits per heavy atom. The number of benzene rings is 1. The van der Waals surface area contributed by atoms with Crippen molar-refractivity contribution in [3.8, 4) is 5.75 Å². The van der Waals surface area contributed by atoms with Crippen LogP contribution in [0.2, 0.25) is 0 Å². The molecule has 2 aliphatic rings. The van der Waals surface area contributed by atoms with E-state index in [1.807, 2.05) is 4.90 Å². The predicted molar refractivity (Wildman–Crippen MR) is 136 cm³/mol. The number of nitrogens with one attached hydrogen (secondary N) is 2. The summed E-state index contributed by atoms with van der Waals surface area (Å²) in [5.74, 6) is 0.212. The monoisotopic (exact) mass is 523 g/mol. The van der Waals surface area contributed by atoms with Gasteiger partial charge >= 0.3 is 5.57 Å². The summed E-state index contributed by atoms with van der Waals surface area (Å²) in [6.45, 7) is 7.57. The van der Waals surface area contributed by atoms with Gasteiger partial charge in [0.2, 0.25) is 0 Å². The number of hydrogen-bond acceptors (Lipinski definition) is 7. The van der Waals surface area contributed by atoms with Gasteiger partial charge in [-0.1, -0.05) is 0 Å². The Labute approximate surface area is 214 Å². The Bertz CT molecular complexity index is 1040. The van der Waals surface area contributed by atoms with Crippen LogP contribution in [0.5, 0.6) is 5.75 Å². The lowest BCUT2D eigenvalue weighted by atomic mass is 10.0. The number of β-amino-alcohol motifs (C(OH)–C–C–N with tert-alkyl or cyclic N) is 1. The van der Waals surface area contributed by atoms with Crippen molar-refractivity contribution in [3.05, 3.63) is 42.1 Å². The number of piperidine rings is 1. The van der Waals surface area contributed by atoms with Gasteiger partial charge in [-0.15, -0.1) is 8.78 Å². The number of aliphatic hydroxyl groups excluding tert-OH is 1. The smallest absolute Gasteiger partial charge is 0.420 e. The third-order valence-corrected chi connectivity index (χ3v) is 6.63. The molecule has 0 saturated carbocycles. The van der Waals surface area contributed by atoms with Gasteiger partial charge in [0.15, 0.2) is 5.82 Å². The summed E-state index contributed by atoms with van der Waals surface area (Å²) in [7, 11) is 0. The molecule has 1 amide bonds. The summed E-state index contributed by atoms with van der Waals surface area (Å²) in [5, 5.41) is 16.4. The number of pyridine rings is 1. The van der Waals surface area contributed by atoms with Gasteiger partial charge in [0, 0.05) is 61.7 Å². The van der Waals surface area contributed by atoms with Crippen molar-refractivity contribution in [1.29, 1.82) is 0 Å². The first-order valence-corrected chi connectivity index (χ1v) is 12.6. The number of carbonyl (C=O) groups is 1. The third kappa shape index (κ3) is 6.96. The fourth-order valence-corrected chi connectivity index (χ4v) is 4.69. The van der Waals surface area contributed by atoms with Crippen LogP contribution in [-0.4, -0.2) is 70.8 Å². The molecule has 1 aromatic heterocycles. The zero-order valence-corrected chi connectivity index (χ0v) is 21.1. The maximum Gasteiger partial charge on any atom is 0.487 e. The van der Waals surface area contributed by atoms with E-state index in [1.165, 1.54) is 30.5 Å². The Balaban J connectivity index is 1.48. The molecule has 2 fully saturated rings. The largest absolute Gasteiger partial charge is 0.487 e. The number of amides is 1. The summed E-state index contributed by atoms with van der Waals surface area (Å²) >= 11 is 4.79. The zero-order valence-electron chi connectivity index (χ0n) is 20.4. The summed E-state index contributed by atoms with van der Waals surface area (Å²) in [6.07, 6.45) is 3.74. The molecule has 0 spiro atoms. The molecule has 0 radical (unpaired) electrons. The van der Waals surface area contributed by atoms with Gasteiger partial charge in [-0.2, -0.15) is 0 Å². The topological polar surface area (TPSA) is 90.0 Å². The maximum absolute atomic E-state index is 13.0. The molecule has 2 aliphatic heterocycles. The number of rotatable bonds is 8. The number of aromatic nitrogens is 1. The lowest BCUT2D eigenvalue weighted by Gasteiger charge is -2.35. The van der Waals surface area contributed by atoms with Crippen molar-refractivity contribution in [2.75, 3.05) is 41.7 Å². The van der Waals surface area contributed by atoms with Crippen LogP contribution < -0.4 is 20.3 Å². The van der Waals surface area contributed by atoms with E-state index in [0.717, 1.165) is 37.4 Å². The van der Waals surface area contributed by atoms with Gasteiger partial charge < -0.3 is 30.3 Å². The molecule has 2 saturated heterocycles. The van der Waals surface area contributed by atoms with Gasteiger partial charge in [0.05, 0.1) is 17.4 Å². The molecule has 11 heteroatoms. The van der Waals surface area contributed by atoms with Crippen LogP contribution in [0.4, 0.5) is 26.0 Å². The summed E-state index contributed by atoms with van der Waals surface area (Å²) in [4.78, 5) is 22.0. The molecule has 0 bridgehead atoms. The second kappa shape index (κ2) is 11.1. The lowest BCUT2D eigenvalue weighted by Crippen LogP contribution is -2.42. The maximum atomic E-state index is 13.0. The number of nitrogens with zero attached hydrogens (tertiary/aromatic N) is 3. The fourth-order valence-electron chi connectivity index (χ4n) is 4.60. The Hall–Kier alpha value is -2.69. The molecule has 3 heterocycles. The molecule has 4 rings (SSSR count). The standard InChI is InChI=1S/C25H32ClF2N5O3/c1-16(2)32-10-7-19(8-11-32)30-22-13-17(14-29-23(22)33-12-9-20(34)15-33)24(35)31-18-3-5-21(6-4-18)36-25(26,27)28/h3-6,13-14,16,19-20,30,34H,7-12,15H2,1-2H3,(H,31,35). The lowest BCUT2D eigenvalue weighted by molar-refractivity contribution is -0.0964. The highest BCUT2D eigenvalue weighted by atomic mass is 35.5. The second-order valence-corrected chi connectivity index (χ2v) is 10.00. The molecule has 2 aromatic rings. The van der Waals surface area contributed by atoms with Crippen molar-refractivity contribution in [1.82, 2.24) is 9.88 Å². The first-order valence-electron chi connectivity index (χ1n) is 12.2. The van der Waals surface area contributed by atoms with Gasteiger partial charge in [-0.25, -0.2) is 4.98 Å². The minimum atomic E-state index is -3.81. The average molecular weight is 524 g/mol. The molecular formula is C25H32ClF2N5O3. The predicted octanol–water partition coefficient (Wildman–Crippen LogP) is 4.36. The molecule has 0 aliphatic carbocycles. The first-order chi connectivity index (χ1) is 17.1. The van der Waals surface area contributed by atoms with Crippen molar-refractivity contribution in [2.24, 2.45) is 0 Å². The van der Waals surface area contributed by atoms with Gasteiger partial charge in [-0.3, -0.25) is 4.79 Å². The number of hydrogen-bond donors (Lipinski definition) is 3. The SMILES string of the molecule is CC(C)N1CCC(Nc2cc(C(=O)Nc3ccc(OC(F)(F)Cl)cc3)cnc2N2CCC(O)C2)CC1. The van der Waals surface area contributed by atoms with Crippen LogP contribution in [0.3, 0.4) is 0 Å². The quantitative estimate of drug-likeness (QED) is 0.443. The molecule has 36 heavy (non-hydrogen) atoms. The van der Waals surface area contributed by atoms with Crippen LogP contribution in [0.1, 0.15) is 43.5 Å². The van der Waals surface area contributed by atoms with Gasteiger partial charge in [0.1, 0.15) is 5.75 Å². The van der Waals surface area contributed by atoms with E-state index in [9.17, 15) is 18.7 Å². The molecule has 1 unspecified atom stereocenters. The van der Waals surface area contributed by atoms with Crippen molar-refractivity contribution < 1.29 is 23.4 Å². The number of halogens is 3. The van der Waals surface area contributed by atoms with E-state index in [0.29, 0.717) is 36.8 Å².